The van der Waals surface area contributed by atoms with Gasteiger partial charge in [-0.3, -0.25) is 4.79 Å². The van der Waals surface area contributed by atoms with E-state index in [9.17, 15) is 4.79 Å². The Hall–Kier alpha value is -1.35. The molecule has 3 nitrogen and oxygen atoms in total. The van der Waals surface area contributed by atoms with Crippen LogP contribution in [0.15, 0.2) is 24.3 Å². The molecular formula is C16H22N2O. The second kappa shape index (κ2) is 5.33. The van der Waals surface area contributed by atoms with Gasteiger partial charge in [-0.25, -0.2) is 0 Å². The molecule has 0 aromatic heterocycles. The molecule has 0 radical (unpaired) electrons. The fourth-order valence-electron chi connectivity index (χ4n) is 2.91. The average molecular weight is 258 g/mol. The van der Waals surface area contributed by atoms with E-state index in [0.29, 0.717) is 11.8 Å². The number of nitrogens with one attached hydrogen (secondary N) is 2. The summed E-state index contributed by atoms with van der Waals surface area (Å²) in [5, 5.41) is 6.25. The smallest absolute Gasteiger partial charge is 0.228 e. The van der Waals surface area contributed by atoms with Gasteiger partial charge in [-0.05, 0) is 62.3 Å². The Kier molecular flexibility index (Phi) is 3.56. The zero-order chi connectivity index (χ0) is 13.2. The monoisotopic (exact) mass is 258 g/mol. The van der Waals surface area contributed by atoms with Gasteiger partial charge in [0.2, 0.25) is 5.91 Å². The molecule has 1 amide bonds. The number of hydrogen-bond acceptors (Lipinski definition) is 2. The Labute approximate surface area is 114 Å². The molecule has 3 heteroatoms. The van der Waals surface area contributed by atoms with Crippen molar-refractivity contribution in [2.24, 2.45) is 17.8 Å². The molecule has 0 heterocycles. The van der Waals surface area contributed by atoms with Crippen LogP contribution in [0.3, 0.4) is 0 Å². The van der Waals surface area contributed by atoms with Crippen LogP contribution in [0.5, 0.6) is 0 Å². The lowest BCUT2D eigenvalue weighted by atomic mass is 9.97. The summed E-state index contributed by atoms with van der Waals surface area (Å²) in [6.45, 7) is 0.832. The van der Waals surface area contributed by atoms with Crippen LogP contribution in [0.2, 0.25) is 0 Å². The number of amides is 1. The maximum atomic E-state index is 12.4. The van der Waals surface area contributed by atoms with Crippen LogP contribution in [0.25, 0.3) is 0 Å². The van der Waals surface area contributed by atoms with Gasteiger partial charge in [0.1, 0.15) is 0 Å². The van der Waals surface area contributed by atoms with Crippen molar-refractivity contribution in [2.75, 3.05) is 12.4 Å². The van der Waals surface area contributed by atoms with Gasteiger partial charge < -0.3 is 10.6 Å². The first-order valence-electron chi connectivity index (χ1n) is 7.32. The third kappa shape index (κ3) is 3.16. The van der Waals surface area contributed by atoms with E-state index in [4.69, 9.17) is 0 Å². The molecule has 102 valence electrons. The summed E-state index contributed by atoms with van der Waals surface area (Å²) >= 11 is 0. The first-order valence-corrected chi connectivity index (χ1v) is 7.32. The quantitative estimate of drug-likeness (QED) is 0.824. The topological polar surface area (TPSA) is 41.1 Å². The molecule has 2 aliphatic rings. The Morgan fingerprint density at radius 3 is 2.53 bits per heavy atom. The van der Waals surface area contributed by atoms with E-state index < -0.39 is 0 Å². The van der Waals surface area contributed by atoms with E-state index in [2.05, 4.69) is 22.8 Å². The van der Waals surface area contributed by atoms with Crippen LogP contribution in [-0.2, 0) is 11.3 Å². The summed E-state index contributed by atoms with van der Waals surface area (Å²) < 4.78 is 0. The summed E-state index contributed by atoms with van der Waals surface area (Å²) in [5.74, 6) is 1.83. The zero-order valence-corrected chi connectivity index (χ0v) is 11.5. The van der Waals surface area contributed by atoms with Crippen LogP contribution in [0.4, 0.5) is 5.69 Å². The SMILES string of the molecule is CNCc1cccc(NC(=O)C(C2CC2)C2CC2)c1. The Bertz CT molecular complexity index is 452. The molecule has 3 rings (SSSR count). The summed E-state index contributed by atoms with van der Waals surface area (Å²) in [6, 6.07) is 8.12. The molecule has 1 aromatic rings. The van der Waals surface area contributed by atoms with Gasteiger partial charge in [-0.2, -0.15) is 0 Å². The van der Waals surface area contributed by atoms with E-state index in [-0.39, 0.29) is 11.8 Å². The normalized spacial score (nSPS) is 18.6. The molecule has 19 heavy (non-hydrogen) atoms. The van der Waals surface area contributed by atoms with Gasteiger partial charge in [0.15, 0.2) is 0 Å². The van der Waals surface area contributed by atoms with Crippen LogP contribution in [0, 0.1) is 17.8 Å². The van der Waals surface area contributed by atoms with Gasteiger partial charge in [0, 0.05) is 18.2 Å². The van der Waals surface area contributed by atoms with Crippen molar-refractivity contribution in [1.82, 2.24) is 5.32 Å². The van der Waals surface area contributed by atoms with Crippen LogP contribution < -0.4 is 10.6 Å². The third-order valence-electron chi connectivity index (χ3n) is 4.14. The summed E-state index contributed by atoms with van der Waals surface area (Å²) in [7, 11) is 1.93. The van der Waals surface area contributed by atoms with Crippen molar-refractivity contribution in [3.8, 4) is 0 Å². The number of rotatable bonds is 6. The lowest BCUT2D eigenvalue weighted by molar-refractivity contribution is -0.121. The van der Waals surface area contributed by atoms with E-state index in [0.717, 1.165) is 12.2 Å². The number of anilines is 1. The molecule has 2 saturated carbocycles. The predicted octanol–water partition coefficient (Wildman–Crippen LogP) is 2.78. The number of carbonyl (C=O) groups is 1. The van der Waals surface area contributed by atoms with E-state index in [1.54, 1.807) is 0 Å². The molecule has 0 atom stereocenters. The van der Waals surface area contributed by atoms with E-state index in [1.807, 2.05) is 19.2 Å². The minimum absolute atomic E-state index is 0.242. The van der Waals surface area contributed by atoms with Gasteiger partial charge >= 0.3 is 0 Å². The lowest BCUT2D eigenvalue weighted by Crippen LogP contribution is -2.26. The molecular weight excluding hydrogens is 236 g/mol. The van der Waals surface area contributed by atoms with Crippen LogP contribution in [-0.4, -0.2) is 13.0 Å². The van der Waals surface area contributed by atoms with Gasteiger partial charge in [-0.15, -0.1) is 0 Å². The van der Waals surface area contributed by atoms with Crippen molar-refractivity contribution in [2.45, 2.75) is 32.2 Å². The first-order chi connectivity index (χ1) is 9.28. The molecule has 0 spiro atoms. The number of hydrogen-bond donors (Lipinski definition) is 2. The van der Waals surface area contributed by atoms with Crippen molar-refractivity contribution in [3.63, 3.8) is 0 Å². The predicted molar refractivity (Wildman–Crippen MR) is 76.8 cm³/mol. The van der Waals surface area contributed by atoms with Crippen LogP contribution in [0.1, 0.15) is 31.2 Å². The molecule has 0 unspecified atom stereocenters. The van der Waals surface area contributed by atoms with Crippen molar-refractivity contribution in [3.05, 3.63) is 29.8 Å². The van der Waals surface area contributed by atoms with Crippen molar-refractivity contribution < 1.29 is 4.79 Å². The highest BCUT2D eigenvalue weighted by Crippen LogP contribution is 2.49. The van der Waals surface area contributed by atoms with Crippen molar-refractivity contribution in [1.29, 1.82) is 0 Å². The Morgan fingerprint density at radius 1 is 1.26 bits per heavy atom. The Morgan fingerprint density at radius 2 is 1.95 bits per heavy atom. The maximum Gasteiger partial charge on any atom is 0.228 e. The summed E-state index contributed by atoms with van der Waals surface area (Å²) in [5.41, 5.74) is 2.14. The van der Waals surface area contributed by atoms with Crippen molar-refractivity contribution >= 4 is 11.6 Å². The standard InChI is InChI=1S/C16H22N2O/c1-17-10-11-3-2-4-14(9-11)18-16(19)15(12-5-6-12)13-7-8-13/h2-4,9,12-13,15,17H,5-8,10H2,1H3,(H,18,19). The average Bonchev–Trinajstić information content (AvgIpc) is 3.24. The largest absolute Gasteiger partial charge is 0.326 e. The maximum absolute atomic E-state index is 12.4. The van der Waals surface area contributed by atoms with Gasteiger partial charge in [0.25, 0.3) is 0 Å². The van der Waals surface area contributed by atoms with E-state index in [1.165, 1.54) is 31.2 Å². The third-order valence-corrected chi connectivity index (χ3v) is 4.14. The minimum Gasteiger partial charge on any atom is -0.326 e. The summed E-state index contributed by atoms with van der Waals surface area (Å²) in [4.78, 5) is 12.4. The molecule has 1 aromatic carbocycles. The fourth-order valence-corrected chi connectivity index (χ4v) is 2.91. The highest BCUT2D eigenvalue weighted by Gasteiger charge is 2.45. The van der Waals surface area contributed by atoms with Crippen LogP contribution >= 0.6 is 0 Å². The fraction of sp³-hybridized carbons (Fsp3) is 0.562. The first kappa shape index (κ1) is 12.7. The molecule has 0 aliphatic heterocycles. The molecule has 2 aliphatic carbocycles. The second-order valence-corrected chi connectivity index (χ2v) is 5.92. The lowest BCUT2D eigenvalue weighted by Gasteiger charge is -2.15. The molecule has 0 saturated heterocycles. The van der Waals surface area contributed by atoms with E-state index >= 15 is 0 Å². The molecule has 0 bridgehead atoms. The number of carbonyl (C=O) groups excluding carboxylic acids is 1. The molecule has 2 fully saturated rings. The molecule has 2 N–H and O–H groups in total. The number of benzene rings is 1. The minimum atomic E-state index is 0.242. The highest BCUT2D eigenvalue weighted by molar-refractivity contribution is 5.93. The second-order valence-electron chi connectivity index (χ2n) is 5.92. The zero-order valence-electron chi connectivity index (χ0n) is 11.5. The van der Waals surface area contributed by atoms with Gasteiger partial charge in [0.05, 0.1) is 0 Å². The highest BCUT2D eigenvalue weighted by atomic mass is 16.1. The summed E-state index contributed by atoms with van der Waals surface area (Å²) in [6.07, 6.45) is 4.98. The Balaban J connectivity index is 1.66. The van der Waals surface area contributed by atoms with Gasteiger partial charge in [-0.1, -0.05) is 12.1 Å².